The largest absolute Gasteiger partial charge is 0.374 e. The molecule has 0 saturated carbocycles. The maximum Gasteiger partial charge on any atom is 0.0826 e. The van der Waals surface area contributed by atoms with Crippen molar-refractivity contribution in [2.75, 3.05) is 59.5 Å². The zero-order valence-corrected chi connectivity index (χ0v) is 14.0. The van der Waals surface area contributed by atoms with Crippen LogP contribution in [0.3, 0.4) is 0 Å². The van der Waals surface area contributed by atoms with Crippen LogP contribution in [0.2, 0.25) is 0 Å². The Kier molecular flexibility index (Phi) is 9.44. The molecule has 1 rings (SSSR count). The highest BCUT2D eigenvalue weighted by atomic mass is 16.5. The van der Waals surface area contributed by atoms with Crippen molar-refractivity contribution in [3.63, 3.8) is 0 Å². The quantitative estimate of drug-likeness (QED) is 0.661. The third-order valence-electron chi connectivity index (χ3n) is 3.84. The Bertz CT molecular complexity index is 236. The van der Waals surface area contributed by atoms with Crippen LogP contribution >= 0.6 is 0 Å². The molecular formula is C16H35N3O. The highest BCUT2D eigenvalue weighted by Gasteiger charge is 2.20. The second-order valence-corrected chi connectivity index (χ2v) is 6.50. The normalized spacial score (nSPS) is 21.0. The van der Waals surface area contributed by atoms with Crippen LogP contribution < -0.4 is 5.32 Å². The van der Waals surface area contributed by atoms with Gasteiger partial charge >= 0.3 is 0 Å². The molecule has 0 radical (unpaired) electrons. The van der Waals surface area contributed by atoms with Gasteiger partial charge in [-0.25, -0.2) is 0 Å². The number of morpholine rings is 1. The fourth-order valence-corrected chi connectivity index (χ4v) is 2.49. The topological polar surface area (TPSA) is 27.7 Å². The molecule has 4 heteroatoms. The summed E-state index contributed by atoms with van der Waals surface area (Å²) >= 11 is 0. The first-order valence-electron chi connectivity index (χ1n) is 8.35. The number of rotatable bonds is 10. The first-order chi connectivity index (χ1) is 9.61. The Morgan fingerprint density at radius 1 is 1.35 bits per heavy atom. The van der Waals surface area contributed by atoms with Gasteiger partial charge in [0, 0.05) is 32.7 Å². The molecule has 1 saturated heterocycles. The number of hydrogen-bond donors (Lipinski definition) is 1. The predicted molar refractivity (Wildman–Crippen MR) is 86.3 cm³/mol. The Hall–Kier alpha value is -0.160. The molecule has 1 atom stereocenters. The van der Waals surface area contributed by atoms with Crippen LogP contribution in [-0.4, -0.2) is 75.4 Å². The Morgan fingerprint density at radius 3 is 2.85 bits per heavy atom. The van der Waals surface area contributed by atoms with E-state index in [0.29, 0.717) is 12.0 Å². The van der Waals surface area contributed by atoms with Gasteiger partial charge in [-0.05, 0) is 32.5 Å². The highest BCUT2D eigenvalue weighted by molar-refractivity contribution is 4.74. The van der Waals surface area contributed by atoms with Crippen LogP contribution in [0.4, 0.5) is 0 Å². The molecule has 0 amide bonds. The van der Waals surface area contributed by atoms with Crippen LogP contribution in [0.5, 0.6) is 0 Å². The summed E-state index contributed by atoms with van der Waals surface area (Å²) in [5, 5.41) is 3.51. The first kappa shape index (κ1) is 17.9. The summed E-state index contributed by atoms with van der Waals surface area (Å²) in [5.74, 6) is 0.710. The van der Waals surface area contributed by atoms with Gasteiger partial charge in [-0.15, -0.1) is 0 Å². The van der Waals surface area contributed by atoms with E-state index in [2.05, 4.69) is 42.9 Å². The van der Waals surface area contributed by atoms with Crippen molar-refractivity contribution >= 4 is 0 Å². The number of likely N-dealkylation sites (N-methyl/N-ethyl adjacent to an activating group) is 1. The van der Waals surface area contributed by atoms with Crippen molar-refractivity contribution in [3.8, 4) is 0 Å². The van der Waals surface area contributed by atoms with Crippen LogP contribution in [0, 0.1) is 5.92 Å². The summed E-state index contributed by atoms with van der Waals surface area (Å²) in [6.45, 7) is 15.4. The molecular weight excluding hydrogens is 250 g/mol. The van der Waals surface area contributed by atoms with Crippen molar-refractivity contribution < 1.29 is 4.74 Å². The summed E-state index contributed by atoms with van der Waals surface area (Å²) in [6, 6.07) is 0. The van der Waals surface area contributed by atoms with Gasteiger partial charge in [0.2, 0.25) is 0 Å². The Morgan fingerprint density at radius 2 is 2.15 bits per heavy atom. The average molecular weight is 285 g/mol. The minimum absolute atomic E-state index is 0.364. The lowest BCUT2D eigenvalue weighted by Gasteiger charge is -2.34. The fraction of sp³-hybridized carbons (Fsp3) is 1.00. The molecule has 1 fully saturated rings. The minimum Gasteiger partial charge on any atom is -0.374 e. The molecule has 0 aliphatic carbocycles. The molecule has 0 spiro atoms. The Labute approximate surface area is 125 Å². The summed E-state index contributed by atoms with van der Waals surface area (Å²) in [4.78, 5) is 5.00. The molecule has 1 N–H and O–H groups in total. The zero-order chi connectivity index (χ0) is 14.8. The van der Waals surface area contributed by atoms with Gasteiger partial charge in [0.25, 0.3) is 0 Å². The van der Waals surface area contributed by atoms with E-state index < -0.39 is 0 Å². The van der Waals surface area contributed by atoms with E-state index in [1.54, 1.807) is 0 Å². The molecule has 0 aromatic rings. The lowest BCUT2D eigenvalue weighted by molar-refractivity contribution is -0.0288. The number of nitrogens with zero attached hydrogens (tertiary/aromatic N) is 2. The first-order valence-corrected chi connectivity index (χ1v) is 8.35. The minimum atomic E-state index is 0.364. The number of hydrogen-bond acceptors (Lipinski definition) is 4. The van der Waals surface area contributed by atoms with Crippen molar-refractivity contribution in [2.45, 2.75) is 39.7 Å². The molecule has 4 nitrogen and oxygen atoms in total. The van der Waals surface area contributed by atoms with E-state index >= 15 is 0 Å². The van der Waals surface area contributed by atoms with Crippen LogP contribution in [0.25, 0.3) is 0 Å². The monoisotopic (exact) mass is 285 g/mol. The summed E-state index contributed by atoms with van der Waals surface area (Å²) in [7, 11) is 2.23. The van der Waals surface area contributed by atoms with Crippen molar-refractivity contribution in [3.05, 3.63) is 0 Å². The SMILES string of the molecule is CCCCN(C)CCN1CCOC(CNCC(C)C)C1. The number of unbranched alkanes of at least 4 members (excludes halogenated alkanes) is 1. The average Bonchev–Trinajstić information content (AvgIpc) is 2.43. The maximum absolute atomic E-state index is 5.84. The fourth-order valence-electron chi connectivity index (χ4n) is 2.49. The van der Waals surface area contributed by atoms with Gasteiger partial charge in [-0.1, -0.05) is 27.2 Å². The smallest absolute Gasteiger partial charge is 0.0826 e. The van der Waals surface area contributed by atoms with Gasteiger partial charge in [0.15, 0.2) is 0 Å². The molecule has 0 bridgehead atoms. The van der Waals surface area contributed by atoms with Gasteiger partial charge in [0.05, 0.1) is 12.7 Å². The number of ether oxygens (including phenoxy) is 1. The maximum atomic E-state index is 5.84. The standard InChI is InChI=1S/C16H35N3O/c1-5-6-7-18(4)8-9-19-10-11-20-16(14-19)13-17-12-15(2)3/h15-17H,5-14H2,1-4H3. The second kappa shape index (κ2) is 10.6. The van der Waals surface area contributed by atoms with Crippen LogP contribution in [0.1, 0.15) is 33.6 Å². The summed E-state index contributed by atoms with van der Waals surface area (Å²) in [5.41, 5.74) is 0. The molecule has 1 heterocycles. The summed E-state index contributed by atoms with van der Waals surface area (Å²) < 4.78 is 5.84. The van der Waals surface area contributed by atoms with Crippen molar-refractivity contribution in [1.29, 1.82) is 0 Å². The third-order valence-corrected chi connectivity index (χ3v) is 3.84. The van der Waals surface area contributed by atoms with Gasteiger partial charge in [0.1, 0.15) is 0 Å². The van der Waals surface area contributed by atoms with Crippen LogP contribution in [-0.2, 0) is 4.74 Å². The zero-order valence-electron chi connectivity index (χ0n) is 14.0. The van der Waals surface area contributed by atoms with Gasteiger partial charge in [-0.3, -0.25) is 4.90 Å². The van der Waals surface area contributed by atoms with E-state index in [9.17, 15) is 0 Å². The summed E-state index contributed by atoms with van der Waals surface area (Å²) in [6.07, 6.45) is 2.95. The molecule has 20 heavy (non-hydrogen) atoms. The lowest BCUT2D eigenvalue weighted by atomic mass is 10.2. The molecule has 120 valence electrons. The molecule has 0 aromatic carbocycles. The van der Waals surface area contributed by atoms with Gasteiger partial charge in [-0.2, -0.15) is 0 Å². The second-order valence-electron chi connectivity index (χ2n) is 6.50. The van der Waals surface area contributed by atoms with E-state index in [1.807, 2.05) is 0 Å². The van der Waals surface area contributed by atoms with E-state index in [0.717, 1.165) is 32.8 Å². The van der Waals surface area contributed by atoms with E-state index in [1.165, 1.54) is 32.5 Å². The van der Waals surface area contributed by atoms with Crippen molar-refractivity contribution in [2.24, 2.45) is 5.92 Å². The van der Waals surface area contributed by atoms with E-state index in [-0.39, 0.29) is 0 Å². The highest BCUT2D eigenvalue weighted by Crippen LogP contribution is 2.05. The molecule has 1 aliphatic rings. The Balaban J connectivity index is 2.13. The third kappa shape index (κ3) is 8.20. The molecule has 1 unspecified atom stereocenters. The van der Waals surface area contributed by atoms with Crippen LogP contribution in [0.15, 0.2) is 0 Å². The number of nitrogens with one attached hydrogen (secondary N) is 1. The van der Waals surface area contributed by atoms with Crippen molar-refractivity contribution in [1.82, 2.24) is 15.1 Å². The van der Waals surface area contributed by atoms with E-state index in [4.69, 9.17) is 4.74 Å². The molecule has 1 aliphatic heterocycles. The van der Waals surface area contributed by atoms with Gasteiger partial charge < -0.3 is 15.0 Å². The predicted octanol–water partition coefficient (Wildman–Crippen LogP) is 1.66. The lowest BCUT2D eigenvalue weighted by Crippen LogP contribution is -2.48. The molecule has 0 aromatic heterocycles.